The highest BCUT2D eigenvalue weighted by Gasteiger charge is 2.28. The Morgan fingerprint density at radius 1 is 0.833 bits per heavy atom. The summed E-state index contributed by atoms with van der Waals surface area (Å²) in [6, 6.07) is 0. The Balaban J connectivity index is 5.29. The van der Waals surface area contributed by atoms with Crippen LogP contribution in [0.15, 0.2) is 23.0 Å². The van der Waals surface area contributed by atoms with Gasteiger partial charge in [-0.05, 0) is 7.05 Å². The molecule has 0 aromatic rings. The molecule has 10 N–H and O–H groups in total. The normalized spacial score (nSPS) is 19.1. The summed E-state index contributed by atoms with van der Waals surface area (Å²) in [6.45, 7) is -1.05. The molecular weight excluding hydrogens is 330 g/mol. The van der Waals surface area contributed by atoms with Gasteiger partial charge in [-0.25, -0.2) is 0 Å². The molecular formula is C13H25NO10. The molecule has 11 heteroatoms. The van der Waals surface area contributed by atoms with Crippen molar-refractivity contribution < 1.29 is 50.7 Å². The van der Waals surface area contributed by atoms with Crippen molar-refractivity contribution in [1.29, 1.82) is 0 Å². The zero-order valence-corrected chi connectivity index (χ0v) is 13.1. The van der Waals surface area contributed by atoms with E-state index in [0.717, 1.165) is 0 Å². The zero-order valence-electron chi connectivity index (χ0n) is 13.1. The number of likely N-dealkylation sites (N-methyl/N-ethyl adjacent to an activating group) is 1. The third-order valence-corrected chi connectivity index (χ3v) is 3.00. The van der Waals surface area contributed by atoms with E-state index in [1.807, 2.05) is 0 Å². The Morgan fingerprint density at radius 2 is 1.38 bits per heavy atom. The largest absolute Gasteiger partial charge is 0.506 e. The number of nitrogens with one attached hydrogen (secondary N) is 1. The van der Waals surface area contributed by atoms with E-state index in [-0.39, 0.29) is 12.8 Å². The van der Waals surface area contributed by atoms with Crippen LogP contribution in [0.4, 0.5) is 0 Å². The van der Waals surface area contributed by atoms with Crippen LogP contribution in [0.2, 0.25) is 0 Å². The quantitative estimate of drug-likeness (QED) is 0.145. The van der Waals surface area contributed by atoms with Crippen molar-refractivity contribution in [3.05, 3.63) is 23.0 Å². The number of aliphatic hydroxyl groups is 9. The van der Waals surface area contributed by atoms with Gasteiger partial charge < -0.3 is 50.7 Å². The second kappa shape index (κ2) is 11.0. The molecule has 0 aromatic heterocycles. The zero-order chi connectivity index (χ0) is 18.9. The topological polar surface area (TPSA) is 203 Å². The lowest BCUT2D eigenvalue weighted by molar-refractivity contribution is -0.137. The van der Waals surface area contributed by atoms with E-state index in [0.29, 0.717) is 0 Å². The fourth-order valence-corrected chi connectivity index (χ4v) is 1.60. The number of rotatable bonds is 11. The summed E-state index contributed by atoms with van der Waals surface area (Å²) in [7, 11) is 1.28. The molecule has 0 spiro atoms. The van der Waals surface area contributed by atoms with Crippen LogP contribution in [0.1, 0.15) is 12.8 Å². The van der Waals surface area contributed by atoms with Crippen LogP contribution in [0.3, 0.4) is 0 Å². The molecule has 0 heterocycles. The second-order valence-electron chi connectivity index (χ2n) is 4.75. The van der Waals surface area contributed by atoms with Crippen molar-refractivity contribution in [1.82, 2.24) is 5.32 Å². The maximum Gasteiger partial charge on any atom is 0.218 e. The van der Waals surface area contributed by atoms with Crippen LogP contribution in [0.5, 0.6) is 0 Å². The summed E-state index contributed by atoms with van der Waals surface area (Å²) in [4.78, 5) is 0. The van der Waals surface area contributed by atoms with E-state index >= 15 is 0 Å². The van der Waals surface area contributed by atoms with Gasteiger partial charge in [0.2, 0.25) is 6.29 Å². The summed E-state index contributed by atoms with van der Waals surface area (Å²) in [5, 5.41) is 86.8. The summed E-state index contributed by atoms with van der Waals surface area (Å²) in [6.07, 6.45) is -7.72. The third-order valence-electron chi connectivity index (χ3n) is 3.00. The number of aliphatic hydroxyl groups excluding tert-OH is 9. The minimum absolute atomic E-state index is 0.316. The molecule has 0 amide bonds. The van der Waals surface area contributed by atoms with Crippen molar-refractivity contribution >= 4 is 0 Å². The first-order valence-corrected chi connectivity index (χ1v) is 7.03. The molecule has 24 heavy (non-hydrogen) atoms. The number of hydrogen-bond donors (Lipinski definition) is 10. The first kappa shape index (κ1) is 22.4. The molecule has 0 aliphatic carbocycles. The maximum atomic E-state index is 9.81. The van der Waals surface area contributed by atoms with Crippen LogP contribution in [0, 0.1) is 0 Å². The number of hydrogen-bond acceptors (Lipinski definition) is 11. The highest BCUT2D eigenvalue weighted by atomic mass is 16.6. The van der Waals surface area contributed by atoms with Crippen LogP contribution < -0.4 is 5.32 Å². The second-order valence-corrected chi connectivity index (χ2v) is 4.75. The molecule has 0 bridgehead atoms. The van der Waals surface area contributed by atoms with Gasteiger partial charge in [0.05, 0.1) is 0 Å². The number of ether oxygens (including phenoxy) is 1. The average molecular weight is 355 g/mol. The Kier molecular flexibility index (Phi) is 10.3. The Bertz CT molecular complexity index is 438. The highest BCUT2D eigenvalue weighted by Crippen LogP contribution is 2.19. The van der Waals surface area contributed by atoms with Gasteiger partial charge in [0.15, 0.2) is 29.3 Å². The fraction of sp³-hybridized carbons (Fsp3) is 0.692. The van der Waals surface area contributed by atoms with Gasteiger partial charge in [0.1, 0.15) is 12.2 Å². The first-order valence-electron chi connectivity index (χ1n) is 7.03. The average Bonchev–Trinajstić information content (AvgIpc) is 2.57. The lowest BCUT2D eigenvalue weighted by Crippen LogP contribution is -2.33. The minimum atomic E-state index is -2.23. The van der Waals surface area contributed by atoms with E-state index in [1.54, 1.807) is 0 Å². The van der Waals surface area contributed by atoms with Crippen LogP contribution >= 0.6 is 0 Å². The highest BCUT2D eigenvalue weighted by molar-refractivity contribution is 5.10. The lowest BCUT2D eigenvalue weighted by Gasteiger charge is -2.23. The van der Waals surface area contributed by atoms with Crippen molar-refractivity contribution in [2.45, 2.75) is 37.6 Å². The molecule has 0 saturated heterocycles. The Morgan fingerprint density at radius 3 is 1.83 bits per heavy atom. The molecule has 0 aliphatic rings. The van der Waals surface area contributed by atoms with Gasteiger partial charge in [-0.3, -0.25) is 5.32 Å². The summed E-state index contributed by atoms with van der Waals surface area (Å²) in [5.41, 5.74) is 0. The summed E-state index contributed by atoms with van der Waals surface area (Å²) >= 11 is 0. The molecule has 0 aliphatic heterocycles. The van der Waals surface area contributed by atoms with Gasteiger partial charge in [-0.15, -0.1) is 0 Å². The maximum absolute atomic E-state index is 9.81. The predicted octanol–water partition coefficient (Wildman–Crippen LogP) is -1.99. The standard InChI is InChI=1S/C13H25NO10/c1-14-12(22)10(20)9(19)7(3-5-16)24-13(23)11(21)8(18)6(17)2-4-15/h6-7,12-23H,2-5H2,1H3/b10-9+,11-8-/t6?,7-,12?,13?/m0/s1. The van der Waals surface area contributed by atoms with Gasteiger partial charge in [-0.1, -0.05) is 0 Å². The summed E-state index contributed by atoms with van der Waals surface area (Å²) in [5.74, 6) is -4.09. The van der Waals surface area contributed by atoms with E-state index in [9.17, 15) is 35.7 Å². The van der Waals surface area contributed by atoms with Gasteiger partial charge >= 0.3 is 0 Å². The smallest absolute Gasteiger partial charge is 0.218 e. The van der Waals surface area contributed by atoms with Gasteiger partial charge in [-0.2, -0.15) is 0 Å². The SMILES string of the molecule is CNC(O)/C(O)=C(\O)[C@H](CCO)OC(O)/C(O)=C(/O)C(O)CCO. The molecule has 142 valence electrons. The van der Waals surface area contributed by atoms with Crippen molar-refractivity contribution in [2.24, 2.45) is 0 Å². The van der Waals surface area contributed by atoms with Crippen molar-refractivity contribution in [3.63, 3.8) is 0 Å². The molecule has 4 atom stereocenters. The van der Waals surface area contributed by atoms with Crippen LogP contribution in [-0.2, 0) is 4.74 Å². The predicted molar refractivity (Wildman–Crippen MR) is 79.9 cm³/mol. The van der Waals surface area contributed by atoms with E-state index in [2.05, 4.69) is 5.32 Å². The van der Waals surface area contributed by atoms with Crippen LogP contribution in [0.25, 0.3) is 0 Å². The molecule has 0 aromatic carbocycles. The Hall–Kier alpha value is -1.60. The van der Waals surface area contributed by atoms with Crippen LogP contribution in [-0.4, -0.2) is 90.9 Å². The summed E-state index contributed by atoms with van der Waals surface area (Å²) < 4.78 is 4.83. The molecule has 11 nitrogen and oxygen atoms in total. The lowest BCUT2D eigenvalue weighted by atomic mass is 10.1. The van der Waals surface area contributed by atoms with E-state index in [4.69, 9.17) is 14.9 Å². The Labute approximate surface area is 138 Å². The fourth-order valence-electron chi connectivity index (χ4n) is 1.60. The van der Waals surface area contributed by atoms with Gasteiger partial charge in [0, 0.05) is 26.1 Å². The molecule has 0 rings (SSSR count). The van der Waals surface area contributed by atoms with E-state index < -0.39 is 61.0 Å². The molecule has 0 fully saturated rings. The van der Waals surface area contributed by atoms with Crippen molar-refractivity contribution in [3.8, 4) is 0 Å². The monoisotopic (exact) mass is 355 g/mol. The first-order chi connectivity index (χ1) is 11.2. The van der Waals surface area contributed by atoms with E-state index in [1.165, 1.54) is 7.05 Å². The van der Waals surface area contributed by atoms with Gasteiger partial charge in [0.25, 0.3) is 0 Å². The van der Waals surface area contributed by atoms with Crippen molar-refractivity contribution in [2.75, 3.05) is 20.3 Å². The molecule has 3 unspecified atom stereocenters. The molecule has 0 radical (unpaired) electrons. The molecule has 0 saturated carbocycles. The minimum Gasteiger partial charge on any atom is -0.506 e. The third kappa shape index (κ3) is 6.49.